The lowest BCUT2D eigenvalue weighted by molar-refractivity contribution is 0.722. The Morgan fingerprint density at radius 2 is 1.57 bits per heavy atom. The van der Waals surface area contributed by atoms with Crippen molar-refractivity contribution in [1.82, 2.24) is 9.78 Å². The SMILES string of the molecule is CC(C)c1ccc(-c2nn(C)c(=O)c3ccccc23)cc1. The van der Waals surface area contributed by atoms with Gasteiger partial charge in [-0.3, -0.25) is 4.79 Å². The Kier molecular flexibility index (Phi) is 3.34. The van der Waals surface area contributed by atoms with Crippen molar-refractivity contribution in [3.63, 3.8) is 0 Å². The second kappa shape index (κ2) is 5.17. The smallest absolute Gasteiger partial charge is 0.267 e. The Hall–Kier alpha value is -2.42. The van der Waals surface area contributed by atoms with Crippen LogP contribution in [0.4, 0.5) is 0 Å². The molecule has 3 heteroatoms. The standard InChI is InChI=1S/C18H18N2O/c1-12(2)13-8-10-14(11-9-13)17-15-6-4-5-7-16(15)18(21)20(3)19-17/h4-12H,1-3H3. The molecule has 0 fully saturated rings. The molecule has 3 rings (SSSR count). The molecule has 21 heavy (non-hydrogen) atoms. The zero-order chi connectivity index (χ0) is 15.0. The Morgan fingerprint density at radius 1 is 0.952 bits per heavy atom. The van der Waals surface area contributed by atoms with Gasteiger partial charge >= 0.3 is 0 Å². The highest BCUT2D eigenvalue weighted by atomic mass is 16.1. The molecule has 106 valence electrons. The molecule has 0 spiro atoms. The summed E-state index contributed by atoms with van der Waals surface area (Å²) in [7, 11) is 1.70. The van der Waals surface area contributed by atoms with Gasteiger partial charge in [-0.15, -0.1) is 0 Å². The maximum absolute atomic E-state index is 12.2. The molecule has 1 heterocycles. The molecule has 0 aliphatic carbocycles. The van der Waals surface area contributed by atoms with Gasteiger partial charge in [0, 0.05) is 18.0 Å². The van der Waals surface area contributed by atoms with Crippen LogP contribution in [0.15, 0.2) is 53.3 Å². The average molecular weight is 278 g/mol. The highest BCUT2D eigenvalue weighted by Crippen LogP contribution is 2.26. The van der Waals surface area contributed by atoms with Gasteiger partial charge in [-0.1, -0.05) is 56.3 Å². The molecule has 0 aliphatic rings. The summed E-state index contributed by atoms with van der Waals surface area (Å²) in [6, 6.07) is 16.0. The van der Waals surface area contributed by atoms with E-state index in [1.807, 2.05) is 24.3 Å². The Bertz CT molecular complexity index is 845. The number of fused-ring (bicyclic) bond motifs is 1. The summed E-state index contributed by atoms with van der Waals surface area (Å²) in [5, 5.41) is 6.06. The second-order valence-corrected chi connectivity index (χ2v) is 5.60. The lowest BCUT2D eigenvalue weighted by Gasteiger charge is -2.10. The maximum atomic E-state index is 12.2. The first-order valence-electron chi connectivity index (χ1n) is 7.14. The number of rotatable bonds is 2. The van der Waals surface area contributed by atoms with Crippen LogP contribution in [0, 0.1) is 0 Å². The van der Waals surface area contributed by atoms with E-state index < -0.39 is 0 Å². The monoisotopic (exact) mass is 278 g/mol. The summed E-state index contributed by atoms with van der Waals surface area (Å²) >= 11 is 0. The fourth-order valence-corrected chi connectivity index (χ4v) is 2.54. The van der Waals surface area contributed by atoms with E-state index in [0.29, 0.717) is 11.3 Å². The average Bonchev–Trinajstić information content (AvgIpc) is 2.51. The van der Waals surface area contributed by atoms with Crippen LogP contribution in [0.25, 0.3) is 22.0 Å². The lowest BCUT2D eigenvalue weighted by Crippen LogP contribution is -2.20. The predicted molar refractivity (Wildman–Crippen MR) is 86.5 cm³/mol. The Balaban J connectivity index is 2.25. The van der Waals surface area contributed by atoms with E-state index in [4.69, 9.17) is 0 Å². The third kappa shape index (κ3) is 2.35. The first kappa shape index (κ1) is 13.6. The van der Waals surface area contributed by atoms with E-state index in [2.05, 4.69) is 43.2 Å². The van der Waals surface area contributed by atoms with E-state index in [0.717, 1.165) is 16.6 Å². The number of hydrogen-bond acceptors (Lipinski definition) is 2. The normalized spacial score (nSPS) is 11.2. The third-order valence-corrected chi connectivity index (χ3v) is 3.81. The molecule has 3 nitrogen and oxygen atoms in total. The fraction of sp³-hybridized carbons (Fsp3) is 0.222. The number of aryl methyl sites for hydroxylation is 1. The van der Waals surface area contributed by atoms with Gasteiger partial charge in [-0.25, -0.2) is 4.68 Å². The largest absolute Gasteiger partial charge is 0.274 e. The molecule has 0 bridgehead atoms. The summed E-state index contributed by atoms with van der Waals surface area (Å²) < 4.78 is 1.41. The van der Waals surface area contributed by atoms with Crippen LogP contribution in [-0.2, 0) is 7.05 Å². The van der Waals surface area contributed by atoms with Crippen LogP contribution in [-0.4, -0.2) is 9.78 Å². The Labute approximate surface area is 123 Å². The van der Waals surface area contributed by atoms with E-state index in [1.54, 1.807) is 7.05 Å². The van der Waals surface area contributed by atoms with Crippen molar-refractivity contribution < 1.29 is 0 Å². The van der Waals surface area contributed by atoms with Crippen LogP contribution in [0.5, 0.6) is 0 Å². The van der Waals surface area contributed by atoms with E-state index in [-0.39, 0.29) is 5.56 Å². The van der Waals surface area contributed by atoms with Crippen molar-refractivity contribution in [2.45, 2.75) is 19.8 Å². The van der Waals surface area contributed by atoms with Gasteiger partial charge in [0.05, 0.1) is 11.1 Å². The molecule has 1 aromatic heterocycles. The fourth-order valence-electron chi connectivity index (χ4n) is 2.54. The van der Waals surface area contributed by atoms with Crippen molar-refractivity contribution in [1.29, 1.82) is 0 Å². The molecule has 0 radical (unpaired) electrons. The van der Waals surface area contributed by atoms with Gasteiger partial charge in [-0.05, 0) is 17.5 Å². The lowest BCUT2D eigenvalue weighted by atomic mass is 9.99. The minimum absolute atomic E-state index is 0.0619. The molecule has 0 amide bonds. The highest BCUT2D eigenvalue weighted by molar-refractivity contribution is 5.93. The summed E-state index contributed by atoms with van der Waals surface area (Å²) in [6.45, 7) is 4.35. The molecule has 2 aromatic carbocycles. The molecular formula is C18H18N2O. The van der Waals surface area contributed by atoms with Crippen molar-refractivity contribution in [3.05, 3.63) is 64.4 Å². The quantitative estimate of drug-likeness (QED) is 0.716. The number of benzene rings is 2. The summed E-state index contributed by atoms with van der Waals surface area (Å²) in [5.74, 6) is 0.504. The van der Waals surface area contributed by atoms with E-state index in [9.17, 15) is 4.79 Å². The van der Waals surface area contributed by atoms with Gasteiger partial charge < -0.3 is 0 Å². The van der Waals surface area contributed by atoms with Crippen LogP contribution >= 0.6 is 0 Å². The van der Waals surface area contributed by atoms with Crippen molar-refractivity contribution >= 4 is 10.8 Å². The van der Waals surface area contributed by atoms with Gasteiger partial charge in [0.25, 0.3) is 5.56 Å². The maximum Gasteiger partial charge on any atom is 0.274 e. The van der Waals surface area contributed by atoms with Gasteiger partial charge in [-0.2, -0.15) is 5.10 Å². The predicted octanol–water partition coefficient (Wildman–Crippen LogP) is 3.72. The number of nitrogens with zero attached hydrogens (tertiary/aromatic N) is 2. The van der Waals surface area contributed by atoms with Crippen molar-refractivity contribution in [2.24, 2.45) is 7.05 Å². The minimum Gasteiger partial charge on any atom is -0.267 e. The summed E-state index contributed by atoms with van der Waals surface area (Å²) in [5.41, 5.74) is 3.12. The first-order chi connectivity index (χ1) is 10.1. The zero-order valence-electron chi connectivity index (χ0n) is 12.5. The molecule has 0 aliphatic heterocycles. The number of aromatic nitrogens is 2. The zero-order valence-corrected chi connectivity index (χ0v) is 12.5. The van der Waals surface area contributed by atoms with Gasteiger partial charge in [0.2, 0.25) is 0 Å². The Morgan fingerprint density at radius 3 is 2.19 bits per heavy atom. The van der Waals surface area contributed by atoms with Crippen LogP contribution in [0.3, 0.4) is 0 Å². The molecule has 0 saturated heterocycles. The topological polar surface area (TPSA) is 34.9 Å². The molecular weight excluding hydrogens is 260 g/mol. The molecule has 0 N–H and O–H groups in total. The molecule has 0 saturated carbocycles. The molecule has 0 unspecified atom stereocenters. The first-order valence-corrected chi connectivity index (χ1v) is 7.14. The summed E-state index contributed by atoms with van der Waals surface area (Å²) in [4.78, 5) is 12.2. The van der Waals surface area contributed by atoms with Gasteiger partial charge in [0.1, 0.15) is 0 Å². The minimum atomic E-state index is -0.0619. The van der Waals surface area contributed by atoms with E-state index >= 15 is 0 Å². The number of hydrogen-bond donors (Lipinski definition) is 0. The second-order valence-electron chi connectivity index (χ2n) is 5.60. The molecule has 0 atom stereocenters. The van der Waals surface area contributed by atoms with E-state index in [1.165, 1.54) is 10.2 Å². The van der Waals surface area contributed by atoms with Gasteiger partial charge in [0.15, 0.2) is 0 Å². The van der Waals surface area contributed by atoms with Crippen LogP contribution in [0.2, 0.25) is 0 Å². The van der Waals surface area contributed by atoms with Crippen LogP contribution < -0.4 is 5.56 Å². The van der Waals surface area contributed by atoms with Crippen LogP contribution in [0.1, 0.15) is 25.3 Å². The molecule has 3 aromatic rings. The third-order valence-electron chi connectivity index (χ3n) is 3.81. The van der Waals surface area contributed by atoms with Crippen molar-refractivity contribution in [3.8, 4) is 11.3 Å². The highest BCUT2D eigenvalue weighted by Gasteiger charge is 2.10. The summed E-state index contributed by atoms with van der Waals surface area (Å²) in [6.07, 6.45) is 0. The van der Waals surface area contributed by atoms with Crippen molar-refractivity contribution in [2.75, 3.05) is 0 Å².